The second-order valence-electron chi connectivity index (χ2n) is 1.80. The van der Waals surface area contributed by atoms with E-state index in [9.17, 15) is 4.79 Å². The van der Waals surface area contributed by atoms with Gasteiger partial charge in [-0.1, -0.05) is 0 Å². The van der Waals surface area contributed by atoms with Crippen LogP contribution in [0.25, 0.3) is 0 Å². The Morgan fingerprint density at radius 3 is 2.90 bits per heavy atom. The van der Waals surface area contributed by atoms with Crippen molar-refractivity contribution in [3.05, 3.63) is 28.2 Å². The number of rotatable bonds is 1. The van der Waals surface area contributed by atoms with Crippen molar-refractivity contribution in [2.45, 2.75) is 5.88 Å². The minimum absolute atomic E-state index is 0.113. The Morgan fingerprint density at radius 2 is 2.40 bits per heavy atom. The normalized spacial score (nSPS) is 9.70. The molecule has 0 aliphatic carbocycles. The lowest BCUT2D eigenvalue weighted by atomic mass is 10.3. The van der Waals surface area contributed by atoms with Gasteiger partial charge in [0.25, 0.3) is 0 Å². The molecule has 0 aliphatic rings. The van der Waals surface area contributed by atoms with Gasteiger partial charge in [-0.15, -0.1) is 11.6 Å². The average Bonchev–Trinajstić information content (AvgIpc) is 1.95. The van der Waals surface area contributed by atoms with Crippen molar-refractivity contribution in [1.29, 1.82) is 0 Å². The molecule has 0 bridgehead atoms. The van der Waals surface area contributed by atoms with Crippen LogP contribution in [0.4, 0.5) is 0 Å². The van der Waals surface area contributed by atoms with E-state index in [0.717, 1.165) is 0 Å². The monoisotopic (exact) mass is 159 g/mol. The Balaban J connectivity index is 3.28. The summed E-state index contributed by atoms with van der Waals surface area (Å²) in [6, 6.07) is 1.24. The van der Waals surface area contributed by atoms with Crippen LogP contribution in [0.15, 0.2) is 17.1 Å². The van der Waals surface area contributed by atoms with Gasteiger partial charge >= 0.3 is 0 Å². The van der Waals surface area contributed by atoms with Crippen molar-refractivity contribution in [2.75, 3.05) is 0 Å². The van der Waals surface area contributed by atoms with Crippen molar-refractivity contribution in [3.8, 4) is 5.75 Å². The molecule has 1 heterocycles. The zero-order chi connectivity index (χ0) is 7.56. The van der Waals surface area contributed by atoms with Crippen molar-refractivity contribution < 1.29 is 5.11 Å². The number of H-pyrrole nitrogens is 1. The molecule has 0 aromatic carbocycles. The molecule has 10 heavy (non-hydrogen) atoms. The van der Waals surface area contributed by atoms with E-state index in [1.54, 1.807) is 0 Å². The van der Waals surface area contributed by atoms with Gasteiger partial charge in [0.1, 0.15) is 0 Å². The van der Waals surface area contributed by atoms with E-state index in [1.807, 2.05) is 0 Å². The zero-order valence-corrected chi connectivity index (χ0v) is 5.85. The first kappa shape index (κ1) is 7.15. The molecule has 0 fully saturated rings. The van der Waals surface area contributed by atoms with E-state index in [4.69, 9.17) is 16.7 Å². The van der Waals surface area contributed by atoms with Gasteiger partial charge in [-0.2, -0.15) is 0 Å². The van der Waals surface area contributed by atoms with Crippen LogP contribution >= 0.6 is 11.6 Å². The first-order valence-corrected chi connectivity index (χ1v) is 3.24. The van der Waals surface area contributed by atoms with Crippen LogP contribution in [0.1, 0.15) is 5.69 Å². The van der Waals surface area contributed by atoms with E-state index in [1.165, 1.54) is 12.3 Å². The number of hydrogen-bond donors (Lipinski definition) is 2. The lowest BCUT2D eigenvalue weighted by Crippen LogP contribution is -2.01. The molecule has 0 unspecified atom stereocenters. The molecule has 0 aliphatic heterocycles. The summed E-state index contributed by atoms with van der Waals surface area (Å²) >= 11 is 5.37. The van der Waals surface area contributed by atoms with Crippen LogP contribution in [0.2, 0.25) is 0 Å². The fourth-order valence-corrected chi connectivity index (χ4v) is 0.820. The number of aromatic nitrogens is 1. The number of alkyl halides is 1. The lowest BCUT2D eigenvalue weighted by molar-refractivity contribution is 0.461. The molecule has 0 amide bonds. The second kappa shape index (κ2) is 2.75. The van der Waals surface area contributed by atoms with Gasteiger partial charge in [-0.05, 0) is 0 Å². The Labute approximate surface area is 62.3 Å². The second-order valence-corrected chi connectivity index (χ2v) is 2.07. The summed E-state index contributed by atoms with van der Waals surface area (Å²) in [6.07, 6.45) is 1.44. The Bertz CT molecular complexity index is 281. The highest BCUT2D eigenvalue weighted by Gasteiger charge is 2.01. The number of aromatic amines is 1. The van der Waals surface area contributed by atoms with Crippen LogP contribution in [0, 0.1) is 0 Å². The first-order valence-electron chi connectivity index (χ1n) is 2.71. The molecule has 2 N–H and O–H groups in total. The molecule has 4 heteroatoms. The van der Waals surface area contributed by atoms with Gasteiger partial charge in [-0.25, -0.2) is 0 Å². The largest absolute Gasteiger partial charge is 0.503 e. The molecule has 0 radical (unpaired) electrons. The van der Waals surface area contributed by atoms with Gasteiger partial charge in [0.15, 0.2) is 5.75 Å². The third kappa shape index (κ3) is 1.14. The first-order chi connectivity index (χ1) is 4.75. The highest BCUT2D eigenvalue weighted by Crippen LogP contribution is 2.08. The minimum Gasteiger partial charge on any atom is -0.503 e. The van der Waals surface area contributed by atoms with Gasteiger partial charge in [0.2, 0.25) is 5.43 Å². The van der Waals surface area contributed by atoms with E-state index < -0.39 is 5.43 Å². The third-order valence-electron chi connectivity index (χ3n) is 1.15. The molecule has 0 spiro atoms. The average molecular weight is 160 g/mol. The summed E-state index contributed by atoms with van der Waals surface area (Å²) in [4.78, 5) is 13.3. The molecular formula is C6H6ClNO2. The van der Waals surface area contributed by atoms with E-state index in [-0.39, 0.29) is 11.6 Å². The zero-order valence-electron chi connectivity index (χ0n) is 5.10. The molecule has 0 saturated carbocycles. The molecule has 54 valence electrons. The Kier molecular flexibility index (Phi) is 1.97. The summed E-state index contributed by atoms with van der Waals surface area (Å²) in [7, 11) is 0. The molecule has 1 aromatic heterocycles. The quantitative estimate of drug-likeness (QED) is 0.596. The van der Waals surface area contributed by atoms with Gasteiger partial charge in [-0.3, -0.25) is 4.79 Å². The third-order valence-corrected chi connectivity index (χ3v) is 1.41. The molecule has 0 saturated heterocycles. The standard InChI is InChI=1S/C6H6ClNO2/c7-3-4-6(10)5(9)1-2-8-4/h1-2,10H,3H2,(H,8,9). The summed E-state index contributed by atoms with van der Waals surface area (Å²) in [5.74, 6) is -0.181. The van der Waals surface area contributed by atoms with E-state index in [2.05, 4.69) is 4.98 Å². The molecule has 1 rings (SSSR count). The number of aromatic hydroxyl groups is 1. The van der Waals surface area contributed by atoms with E-state index >= 15 is 0 Å². The maximum absolute atomic E-state index is 10.7. The van der Waals surface area contributed by atoms with Gasteiger partial charge in [0.05, 0.1) is 11.6 Å². The summed E-state index contributed by atoms with van der Waals surface area (Å²) in [5, 5.41) is 8.97. The Hall–Kier alpha value is -0.960. The smallest absolute Gasteiger partial charge is 0.223 e. The van der Waals surface area contributed by atoms with Crippen LogP contribution in [0.3, 0.4) is 0 Å². The SMILES string of the molecule is O=c1cc[nH]c(CCl)c1O. The maximum Gasteiger partial charge on any atom is 0.223 e. The Morgan fingerprint density at radius 1 is 1.70 bits per heavy atom. The van der Waals surface area contributed by atoms with Crippen molar-refractivity contribution in [3.63, 3.8) is 0 Å². The van der Waals surface area contributed by atoms with E-state index in [0.29, 0.717) is 5.69 Å². The molecule has 1 aromatic rings. The minimum atomic E-state index is -0.408. The van der Waals surface area contributed by atoms with Crippen LogP contribution < -0.4 is 5.43 Å². The predicted octanol–water partition coefficient (Wildman–Crippen LogP) is 0.819. The molecular weight excluding hydrogens is 154 g/mol. The summed E-state index contributed by atoms with van der Waals surface area (Å²) < 4.78 is 0. The fourth-order valence-electron chi connectivity index (χ4n) is 0.616. The van der Waals surface area contributed by atoms with Crippen LogP contribution in [-0.4, -0.2) is 10.1 Å². The highest BCUT2D eigenvalue weighted by molar-refractivity contribution is 6.17. The molecule has 3 nitrogen and oxygen atoms in total. The van der Waals surface area contributed by atoms with Gasteiger partial charge in [0, 0.05) is 12.3 Å². The van der Waals surface area contributed by atoms with Crippen LogP contribution in [-0.2, 0) is 5.88 Å². The predicted molar refractivity (Wildman–Crippen MR) is 38.3 cm³/mol. The van der Waals surface area contributed by atoms with Crippen LogP contribution in [0.5, 0.6) is 5.75 Å². The van der Waals surface area contributed by atoms with Crippen molar-refractivity contribution in [2.24, 2.45) is 0 Å². The fraction of sp³-hybridized carbons (Fsp3) is 0.167. The summed E-state index contributed by atoms with van der Waals surface area (Å²) in [6.45, 7) is 0. The summed E-state index contributed by atoms with van der Waals surface area (Å²) in [5.41, 5.74) is -0.0523. The number of nitrogens with one attached hydrogen (secondary N) is 1. The van der Waals surface area contributed by atoms with Crippen molar-refractivity contribution in [1.82, 2.24) is 4.98 Å². The van der Waals surface area contributed by atoms with Crippen molar-refractivity contribution >= 4 is 11.6 Å². The van der Waals surface area contributed by atoms with Gasteiger partial charge < -0.3 is 10.1 Å². The number of pyridine rings is 1. The maximum atomic E-state index is 10.7. The topological polar surface area (TPSA) is 53.1 Å². The molecule has 0 atom stereocenters. The number of hydrogen-bond acceptors (Lipinski definition) is 2. The number of halogens is 1. The lowest BCUT2D eigenvalue weighted by Gasteiger charge is -1.96. The highest BCUT2D eigenvalue weighted by atomic mass is 35.5.